The lowest BCUT2D eigenvalue weighted by Gasteiger charge is -2.18. The number of terminal acetylenes is 1. The molecule has 0 amide bonds. The van der Waals surface area contributed by atoms with Crippen LogP contribution in [0.15, 0.2) is 18.2 Å². The van der Waals surface area contributed by atoms with E-state index >= 15 is 0 Å². The van der Waals surface area contributed by atoms with Crippen molar-refractivity contribution < 1.29 is 17.6 Å². The first-order valence-corrected chi connectivity index (χ1v) is 5.44. The van der Waals surface area contributed by atoms with E-state index < -0.39 is 23.6 Å². The van der Waals surface area contributed by atoms with Crippen LogP contribution in [0.5, 0.6) is 0 Å². The topological polar surface area (TPSA) is 12.0 Å². The second kappa shape index (κ2) is 5.87. The summed E-state index contributed by atoms with van der Waals surface area (Å²) in [6, 6.07) is 2.61. The highest BCUT2D eigenvalue weighted by atomic mass is 19.4. The van der Waals surface area contributed by atoms with E-state index in [0.29, 0.717) is 6.54 Å². The smallest absolute Gasteiger partial charge is 0.309 e. The molecule has 0 aliphatic carbocycles. The summed E-state index contributed by atoms with van der Waals surface area (Å²) in [5.74, 6) is 1.07. The molecule has 1 atom stereocenters. The summed E-state index contributed by atoms with van der Waals surface area (Å²) >= 11 is 0. The number of rotatable bonds is 4. The highest BCUT2D eigenvalue weighted by Crippen LogP contribution is 2.34. The van der Waals surface area contributed by atoms with Crippen LogP contribution in [0.4, 0.5) is 17.6 Å². The number of nitrogens with one attached hydrogen (secondary N) is 1. The largest absolute Gasteiger partial charge is 0.419 e. The van der Waals surface area contributed by atoms with Gasteiger partial charge in [0.1, 0.15) is 5.82 Å². The molecule has 0 saturated heterocycles. The summed E-state index contributed by atoms with van der Waals surface area (Å²) < 4.78 is 51.5. The number of alkyl halides is 3. The number of hydrogen-bond donors (Lipinski definition) is 1. The summed E-state index contributed by atoms with van der Waals surface area (Å²) in [5, 5.41) is 2.87. The lowest BCUT2D eigenvalue weighted by atomic mass is 10.00. The minimum absolute atomic E-state index is 0.0513. The molecule has 0 aliphatic heterocycles. The Morgan fingerprint density at radius 1 is 1.39 bits per heavy atom. The number of benzene rings is 1. The first kappa shape index (κ1) is 14.5. The van der Waals surface area contributed by atoms with E-state index in [1.807, 2.05) is 0 Å². The molecule has 0 spiro atoms. The van der Waals surface area contributed by atoms with E-state index in [2.05, 4.69) is 11.2 Å². The maximum absolute atomic E-state index is 13.8. The van der Waals surface area contributed by atoms with Crippen LogP contribution in [-0.4, -0.2) is 6.54 Å². The molecule has 0 heterocycles. The predicted octanol–water partition coefficient (Wildman–Crippen LogP) is 3.52. The lowest BCUT2D eigenvalue weighted by molar-refractivity contribution is -0.140. The molecule has 0 saturated carbocycles. The van der Waals surface area contributed by atoms with Crippen molar-refractivity contribution in [2.75, 3.05) is 6.54 Å². The third-order valence-corrected chi connectivity index (χ3v) is 2.48. The molecule has 1 N–H and O–H groups in total. The van der Waals surface area contributed by atoms with Crippen molar-refractivity contribution in [1.82, 2.24) is 5.32 Å². The summed E-state index contributed by atoms with van der Waals surface area (Å²) in [6.45, 7) is 2.26. The summed E-state index contributed by atoms with van der Waals surface area (Å²) in [6.07, 6.45) is 0.566. The number of hydrogen-bond acceptors (Lipinski definition) is 1. The van der Waals surface area contributed by atoms with Crippen molar-refractivity contribution in [2.24, 2.45) is 0 Å². The van der Waals surface area contributed by atoms with Gasteiger partial charge in [-0.05, 0) is 12.6 Å². The Bertz CT molecular complexity index is 445. The number of halogens is 4. The molecular formula is C13H13F4N. The van der Waals surface area contributed by atoms with Gasteiger partial charge >= 0.3 is 6.18 Å². The Hall–Kier alpha value is -1.54. The molecule has 98 valence electrons. The lowest BCUT2D eigenvalue weighted by Crippen LogP contribution is -2.23. The van der Waals surface area contributed by atoms with E-state index in [9.17, 15) is 17.6 Å². The van der Waals surface area contributed by atoms with Crippen LogP contribution in [-0.2, 0) is 6.18 Å². The van der Waals surface area contributed by atoms with Crippen LogP contribution in [0, 0.1) is 18.2 Å². The van der Waals surface area contributed by atoms with Crippen molar-refractivity contribution >= 4 is 0 Å². The Kier molecular flexibility index (Phi) is 4.74. The van der Waals surface area contributed by atoms with Gasteiger partial charge in [0.2, 0.25) is 0 Å². The summed E-state index contributed by atoms with van der Waals surface area (Å²) in [5.41, 5.74) is -1.32. The molecule has 0 aromatic heterocycles. The minimum Gasteiger partial charge on any atom is -0.309 e. The zero-order chi connectivity index (χ0) is 13.8. The Balaban J connectivity index is 3.20. The van der Waals surface area contributed by atoms with E-state index in [0.717, 1.165) is 6.07 Å². The van der Waals surface area contributed by atoms with Crippen LogP contribution in [0.1, 0.15) is 30.5 Å². The van der Waals surface area contributed by atoms with E-state index in [4.69, 9.17) is 6.42 Å². The van der Waals surface area contributed by atoms with Crippen molar-refractivity contribution in [2.45, 2.75) is 25.6 Å². The molecule has 5 heteroatoms. The fraction of sp³-hybridized carbons (Fsp3) is 0.385. The molecule has 0 fully saturated rings. The van der Waals surface area contributed by atoms with Crippen molar-refractivity contribution in [3.05, 3.63) is 35.1 Å². The second-order valence-corrected chi connectivity index (χ2v) is 3.73. The van der Waals surface area contributed by atoms with Gasteiger partial charge < -0.3 is 5.32 Å². The van der Waals surface area contributed by atoms with Gasteiger partial charge in [-0.15, -0.1) is 12.3 Å². The third kappa shape index (κ3) is 3.23. The molecular weight excluding hydrogens is 246 g/mol. The molecule has 1 aromatic carbocycles. The Morgan fingerprint density at radius 2 is 2.06 bits per heavy atom. The molecule has 1 aromatic rings. The average molecular weight is 259 g/mol. The summed E-state index contributed by atoms with van der Waals surface area (Å²) in [7, 11) is 0. The van der Waals surface area contributed by atoms with Gasteiger partial charge in [-0.25, -0.2) is 4.39 Å². The van der Waals surface area contributed by atoms with Gasteiger partial charge in [0.25, 0.3) is 0 Å². The Labute approximate surface area is 103 Å². The predicted molar refractivity (Wildman–Crippen MR) is 61.3 cm³/mol. The fourth-order valence-corrected chi connectivity index (χ4v) is 1.69. The molecule has 1 nitrogen and oxygen atoms in total. The van der Waals surface area contributed by atoms with Gasteiger partial charge in [0, 0.05) is 18.0 Å². The normalized spacial score (nSPS) is 13.1. The van der Waals surface area contributed by atoms with Gasteiger partial charge in [0.15, 0.2) is 0 Å². The van der Waals surface area contributed by atoms with E-state index in [1.165, 1.54) is 12.1 Å². The van der Waals surface area contributed by atoms with Crippen molar-refractivity contribution in [1.29, 1.82) is 0 Å². The van der Waals surface area contributed by atoms with E-state index in [-0.39, 0.29) is 12.0 Å². The van der Waals surface area contributed by atoms with Gasteiger partial charge in [-0.2, -0.15) is 13.2 Å². The maximum Gasteiger partial charge on any atom is 0.419 e. The molecule has 0 aliphatic rings. The van der Waals surface area contributed by atoms with Gasteiger partial charge in [-0.1, -0.05) is 19.1 Å². The van der Waals surface area contributed by atoms with Crippen LogP contribution < -0.4 is 5.32 Å². The van der Waals surface area contributed by atoms with Crippen LogP contribution in [0.25, 0.3) is 0 Å². The first-order valence-electron chi connectivity index (χ1n) is 5.44. The SMILES string of the molecule is C#CCC(NCC)c1cccc(C(F)(F)F)c1F. The van der Waals surface area contributed by atoms with Crippen LogP contribution in [0.3, 0.4) is 0 Å². The molecule has 1 unspecified atom stereocenters. The zero-order valence-electron chi connectivity index (χ0n) is 9.81. The average Bonchev–Trinajstić information content (AvgIpc) is 2.27. The highest BCUT2D eigenvalue weighted by Gasteiger charge is 2.35. The molecule has 0 radical (unpaired) electrons. The third-order valence-electron chi connectivity index (χ3n) is 2.48. The first-order chi connectivity index (χ1) is 8.41. The molecule has 1 rings (SSSR count). The molecule has 18 heavy (non-hydrogen) atoms. The van der Waals surface area contributed by atoms with Crippen molar-refractivity contribution in [3.8, 4) is 12.3 Å². The second-order valence-electron chi connectivity index (χ2n) is 3.73. The summed E-state index contributed by atoms with van der Waals surface area (Å²) in [4.78, 5) is 0. The monoisotopic (exact) mass is 259 g/mol. The zero-order valence-corrected chi connectivity index (χ0v) is 9.81. The standard InChI is InChI=1S/C13H13F4N/c1-3-6-11(18-4-2)9-7-5-8-10(12(9)14)13(15,16)17/h1,5,7-8,11,18H,4,6H2,2H3. The van der Waals surface area contributed by atoms with Crippen LogP contribution in [0.2, 0.25) is 0 Å². The minimum atomic E-state index is -4.70. The van der Waals surface area contributed by atoms with Crippen LogP contribution >= 0.6 is 0 Å². The van der Waals surface area contributed by atoms with Crippen molar-refractivity contribution in [3.63, 3.8) is 0 Å². The molecule has 0 bridgehead atoms. The van der Waals surface area contributed by atoms with Gasteiger partial charge in [0.05, 0.1) is 5.56 Å². The van der Waals surface area contributed by atoms with E-state index in [1.54, 1.807) is 6.92 Å². The van der Waals surface area contributed by atoms with Gasteiger partial charge in [-0.3, -0.25) is 0 Å². The highest BCUT2D eigenvalue weighted by molar-refractivity contribution is 5.31. The fourth-order valence-electron chi connectivity index (χ4n) is 1.69. The maximum atomic E-state index is 13.8. The Morgan fingerprint density at radius 3 is 2.56 bits per heavy atom. The quantitative estimate of drug-likeness (QED) is 0.644.